The highest BCUT2D eigenvalue weighted by molar-refractivity contribution is 14.0. The van der Waals surface area contributed by atoms with Crippen molar-refractivity contribution in [3.63, 3.8) is 0 Å². The molecular weight excluding hydrogens is 439 g/mol. The first-order valence-corrected chi connectivity index (χ1v) is 8.99. The van der Waals surface area contributed by atoms with Crippen LogP contribution in [-0.2, 0) is 21.3 Å². The molecule has 22 heavy (non-hydrogen) atoms. The number of rotatable bonds is 5. The summed E-state index contributed by atoms with van der Waals surface area (Å²) in [6.07, 6.45) is 1.06. The molecule has 2 rings (SSSR count). The Morgan fingerprint density at radius 3 is 2.82 bits per heavy atom. The van der Waals surface area contributed by atoms with Crippen molar-refractivity contribution in [1.29, 1.82) is 0 Å². The molecular formula is C12H21IN4O3S2. The SMILES string of the molecule is CN=C(NCc1ccc(S(N)(=O)=O)s1)NCC1CCOC1.I. The standard InChI is InChI=1S/C12H20N4O3S2.HI/c1-14-12(15-6-9-4-5-19-8-9)16-7-10-2-3-11(20-10)21(13,17)18;/h2-3,9H,4-8H2,1H3,(H2,13,17,18)(H2,14,15,16);1H. The maximum absolute atomic E-state index is 11.2. The number of ether oxygens (including phenoxy) is 1. The van der Waals surface area contributed by atoms with E-state index in [0.29, 0.717) is 18.4 Å². The highest BCUT2D eigenvalue weighted by Crippen LogP contribution is 2.19. The van der Waals surface area contributed by atoms with E-state index in [2.05, 4.69) is 15.6 Å². The zero-order chi connectivity index (χ0) is 15.3. The van der Waals surface area contributed by atoms with Crippen LogP contribution in [0.25, 0.3) is 0 Å². The molecule has 2 heterocycles. The second-order valence-corrected chi connectivity index (χ2v) is 7.76. The molecule has 1 unspecified atom stereocenters. The van der Waals surface area contributed by atoms with E-state index in [1.54, 1.807) is 13.1 Å². The van der Waals surface area contributed by atoms with Crippen molar-refractivity contribution in [3.05, 3.63) is 17.0 Å². The van der Waals surface area contributed by atoms with Crippen LogP contribution < -0.4 is 15.8 Å². The number of hydrogen-bond donors (Lipinski definition) is 3. The highest BCUT2D eigenvalue weighted by atomic mass is 127. The van der Waals surface area contributed by atoms with Gasteiger partial charge in [0.05, 0.1) is 13.2 Å². The van der Waals surface area contributed by atoms with E-state index in [1.165, 1.54) is 6.07 Å². The summed E-state index contributed by atoms with van der Waals surface area (Å²) in [6, 6.07) is 3.26. The Kier molecular flexibility index (Phi) is 8.03. The number of nitrogens with zero attached hydrogens (tertiary/aromatic N) is 1. The molecule has 4 N–H and O–H groups in total. The quantitative estimate of drug-likeness (QED) is 0.341. The number of halogens is 1. The van der Waals surface area contributed by atoms with E-state index in [9.17, 15) is 8.42 Å². The second-order valence-electron chi connectivity index (χ2n) is 4.80. The molecule has 0 amide bonds. The zero-order valence-electron chi connectivity index (χ0n) is 12.2. The van der Waals surface area contributed by atoms with Crippen LogP contribution in [0.1, 0.15) is 11.3 Å². The maximum atomic E-state index is 11.2. The molecule has 7 nitrogen and oxygen atoms in total. The molecule has 1 saturated heterocycles. The number of primary sulfonamides is 1. The molecule has 1 aromatic rings. The lowest BCUT2D eigenvalue weighted by molar-refractivity contribution is 0.186. The van der Waals surface area contributed by atoms with Gasteiger partial charge in [-0.1, -0.05) is 0 Å². The van der Waals surface area contributed by atoms with Crippen molar-refractivity contribution in [3.8, 4) is 0 Å². The van der Waals surface area contributed by atoms with E-state index in [1.807, 2.05) is 0 Å². The molecule has 0 radical (unpaired) electrons. The third-order valence-corrected chi connectivity index (χ3v) is 5.68. The van der Waals surface area contributed by atoms with Crippen LogP contribution >= 0.6 is 35.3 Å². The van der Waals surface area contributed by atoms with Crippen LogP contribution in [0.3, 0.4) is 0 Å². The average molecular weight is 460 g/mol. The molecule has 0 spiro atoms. The molecule has 10 heteroatoms. The smallest absolute Gasteiger partial charge is 0.247 e. The monoisotopic (exact) mass is 460 g/mol. The van der Waals surface area contributed by atoms with Gasteiger partial charge in [0.15, 0.2) is 5.96 Å². The van der Waals surface area contributed by atoms with E-state index in [4.69, 9.17) is 9.88 Å². The minimum atomic E-state index is -3.62. The van der Waals surface area contributed by atoms with E-state index in [0.717, 1.165) is 42.4 Å². The van der Waals surface area contributed by atoms with E-state index >= 15 is 0 Å². The predicted molar refractivity (Wildman–Crippen MR) is 98.2 cm³/mol. The first-order valence-electron chi connectivity index (χ1n) is 6.63. The molecule has 0 saturated carbocycles. The van der Waals surface area contributed by atoms with Crippen molar-refractivity contribution in [2.45, 2.75) is 17.2 Å². The molecule has 1 aliphatic heterocycles. The van der Waals surface area contributed by atoms with Gasteiger partial charge in [-0.2, -0.15) is 0 Å². The number of thiophene rings is 1. The molecule has 126 valence electrons. The van der Waals surface area contributed by atoms with Gasteiger partial charge in [0.25, 0.3) is 0 Å². The molecule has 1 aliphatic rings. The van der Waals surface area contributed by atoms with Gasteiger partial charge in [-0.15, -0.1) is 35.3 Å². The Bertz CT molecular complexity index is 597. The third kappa shape index (κ3) is 5.99. The third-order valence-electron chi connectivity index (χ3n) is 3.15. The van der Waals surface area contributed by atoms with Crippen LogP contribution in [0.4, 0.5) is 0 Å². The second kappa shape index (κ2) is 9.01. The van der Waals surface area contributed by atoms with Gasteiger partial charge >= 0.3 is 0 Å². The summed E-state index contributed by atoms with van der Waals surface area (Å²) in [5, 5.41) is 11.5. The van der Waals surface area contributed by atoms with E-state index < -0.39 is 10.0 Å². The fourth-order valence-electron chi connectivity index (χ4n) is 1.98. The van der Waals surface area contributed by atoms with Crippen molar-refractivity contribution in [2.75, 3.05) is 26.8 Å². The molecule has 1 aromatic heterocycles. The Labute approximate surface area is 151 Å². The number of nitrogens with one attached hydrogen (secondary N) is 2. The summed E-state index contributed by atoms with van der Waals surface area (Å²) in [5.74, 6) is 1.20. The Morgan fingerprint density at radius 2 is 2.27 bits per heavy atom. The van der Waals surface area contributed by atoms with Crippen LogP contribution in [0, 0.1) is 5.92 Å². The minimum Gasteiger partial charge on any atom is -0.381 e. The van der Waals surface area contributed by atoms with Crippen molar-refractivity contribution in [2.24, 2.45) is 16.0 Å². The molecule has 1 fully saturated rings. The van der Waals surface area contributed by atoms with Crippen LogP contribution in [-0.4, -0.2) is 41.2 Å². The normalized spacial score (nSPS) is 18.8. The predicted octanol–water partition coefficient (Wildman–Crippen LogP) is 0.715. The zero-order valence-corrected chi connectivity index (χ0v) is 16.2. The van der Waals surface area contributed by atoms with Crippen molar-refractivity contribution >= 4 is 51.3 Å². The number of hydrogen-bond acceptors (Lipinski definition) is 5. The minimum absolute atomic E-state index is 0. The van der Waals surface area contributed by atoms with Gasteiger partial charge in [0.2, 0.25) is 10.0 Å². The van der Waals surface area contributed by atoms with Gasteiger partial charge in [0, 0.05) is 31.0 Å². The van der Waals surface area contributed by atoms with Crippen LogP contribution in [0.5, 0.6) is 0 Å². The highest BCUT2D eigenvalue weighted by Gasteiger charge is 2.16. The molecule has 0 bridgehead atoms. The fraction of sp³-hybridized carbons (Fsp3) is 0.583. The van der Waals surface area contributed by atoms with Gasteiger partial charge in [0.1, 0.15) is 4.21 Å². The van der Waals surface area contributed by atoms with Crippen LogP contribution in [0.2, 0.25) is 0 Å². The number of aliphatic imine (C=N–C) groups is 1. The van der Waals surface area contributed by atoms with Gasteiger partial charge in [-0.3, -0.25) is 4.99 Å². The lowest BCUT2D eigenvalue weighted by atomic mass is 10.1. The molecule has 1 atom stereocenters. The van der Waals surface area contributed by atoms with Crippen molar-refractivity contribution < 1.29 is 13.2 Å². The Hall–Kier alpha value is -0.430. The average Bonchev–Trinajstić information content (AvgIpc) is 3.09. The Balaban J connectivity index is 0.00000242. The summed E-state index contributed by atoms with van der Waals surface area (Å²) < 4.78 is 27.9. The largest absolute Gasteiger partial charge is 0.381 e. The number of guanidine groups is 1. The first-order chi connectivity index (χ1) is 9.99. The summed E-state index contributed by atoms with van der Waals surface area (Å²) in [6.45, 7) is 2.92. The lowest BCUT2D eigenvalue weighted by Crippen LogP contribution is -2.39. The van der Waals surface area contributed by atoms with Gasteiger partial charge in [-0.05, 0) is 18.6 Å². The van der Waals surface area contributed by atoms with Gasteiger partial charge in [-0.25, -0.2) is 13.6 Å². The number of sulfonamides is 1. The summed E-state index contributed by atoms with van der Waals surface area (Å²) in [7, 11) is -1.92. The Morgan fingerprint density at radius 1 is 1.50 bits per heavy atom. The molecule has 0 aliphatic carbocycles. The lowest BCUT2D eigenvalue weighted by Gasteiger charge is -2.13. The summed E-state index contributed by atoms with van der Waals surface area (Å²) >= 11 is 1.16. The van der Waals surface area contributed by atoms with Crippen LogP contribution in [0.15, 0.2) is 21.3 Å². The topological polar surface area (TPSA) is 106 Å². The summed E-state index contributed by atoms with van der Waals surface area (Å²) in [4.78, 5) is 5.02. The number of nitrogens with two attached hydrogens (primary N) is 1. The van der Waals surface area contributed by atoms with Crippen molar-refractivity contribution in [1.82, 2.24) is 10.6 Å². The fourth-order valence-corrected chi connectivity index (χ4v) is 3.70. The molecule has 0 aromatic carbocycles. The summed E-state index contributed by atoms with van der Waals surface area (Å²) in [5.41, 5.74) is 0. The van der Waals surface area contributed by atoms with Gasteiger partial charge < -0.3 is 15.4 Å². The van der Waals surface area contributed by atoms with E-state index in [-0.39, 0.29) is 28.2 Å². The first kappa shape index (κ1) is 19.6. The maximum Gasteiger partial charge on any atom is 0.247 e.